The molecule has 0 radical (unpaired) electrons. The largest absolute Gasteiger partial charge is 0.405 e. The zero-order chi connectivity index (χ0) is 14.7. The van der Waals surface area contributed by atoms with E-state index in [4.69, 9.17) is 14.7 Å². The van der Waals surface area contributed by atoms with Crippen molar-refractivity contribution in [3.05, 3.63) is 10.4 Å². The molecule has 0 aromatic heterocycles. The Hall–Kier alpha value is -0.553. The van der Waals surface area contributed by atoms with Crippen LogP contribution in [-0.4, -0.2) is 27.3 Å². The molecule has 0 saturated heterocycles. The van der Waals surface area contributed by atoms with Crippen molar-refractivity contribution in [2.24, 2.45) is 5.11 Å². The summed E-state index contributed by atoms with van der Waals surface area (Å²) in [5.74, 6) is 0. The molecular formula is C13H27N3O2Si. The van der Waals surface area contributed by atoms with Crippen LogP contribution in [-0.2, 0) is 9.16 Å². The summed E-state index contributed by atoms with van der Waals surface area (Å²) in [6.45, 7) is 11.0. The van der Waals surface area contributed by atoms with E-state index in [9.17, 15) is 0 Å². The van der Waals surface area contributed by atoms with Crippen LogP contribution >= 0.6 is 0 Å². The molecule has 1 aliphatic rings. The first-order valence-electron chi connectivity index (χ1n) is 6.95. The molecule has 6 heteroatoms. The molecule has 1 saturated carbocycles. The molecule has 0 spiro atoms. The van der Waals surface area contributed by atoms with Crippen LogP contribution in [0.4, 0.5) is 0 Å². The molecule has 0 aromatic rings. The summed E-state index contributed by atoms with van der Waals surface area (Å²) >= 11 is 0. The Morgan fingerprint density at radius 2 is 2.00 bits per heavy atom. The second kappa shape index (κ2) is 5.83. The van der Waals surface area contributed by atoms with E-state index in [1.54, 1.807) is 7.11 Å². The lowest BCUT2D eigenvalue weighted by atomic mass is 9.90. The molecule has 0 amide bonds. The number of ether oxygens (including phenoxy) is 1. The molecule has 0 aromatic carbocycles. The zero-order valence-corrected chi connectivity index (χ0v) is 14.1. The molecular weight excluding hydrogens is 258 g/mol. The van der Waals surface area contributed by atoms with Gasteiger partial charge in [-0.05, 0) is 42.9 Å². The fourth-order valence-electron chi connectivity index (χ4n) is 2.28. The fourth-order valence-corrected chi connectivity index (χ4v) is 3.76. The summed E-state index contributed by atoms with van der Waals surface area (Å²) in [5.41, 5.74) is 8.18. The third-order valence-corrected chi connectivity index (χ3v) is 8.95. The van der Waals surface area contributed by atoms with E-state index >= 15 is 0 Å². The van der Waals surface area contributed by atoms with Crippen LogP contribution < -0.4 is 0 Å². The second-order valence-electron chi connectivity index (χ2n) is 6.95. The number of hydrogen-bond donors (Lipinski definition) is 0. The van der Waals surface area contributed by atoms with Gasteiger partial charge in [0.1, 0.15) is 5.72 Å². The highest BCUT2D eigenvalue weighted by Crippen LogP contribution is 2.44. The van der Waals surface area contributed by atoms with Crippen molar-refractivity contribution in [1.82, 2.24) is 0 Å². The van der Waals surface area contributed by atoms with E-state index in [2.05, 4.69) is 43.9 Å². The summed E-state index contributed by atoms with van der Waals surface area (Å²) < 4.78 is 11.9. The zero-order valence-electron chi connectivity index (χ0n) is 13.1. The van der Waals surface area contributed by atoms with Crippen molar-refractivity contribution >= 4 is 8.32 Å². The molecule has 0 aliphatic heterocycles. The SMILES string of the molecule is COC1CCCC(N=[N+]=[N-])(O[Si](C)(C)C(C)(C)C)C1. The standard InChI is InChI=1S/C13H27N3O2Si/c1-12(2,3)19(5,6)18-13(15-16-14)9-7-8-11(10-13)17-4/h11H,7-10H2,1-6H3. The highest BCUT2D eigenvalue weighted by atomic mass is 28.4. The predicted molar refractivity (Wildman–Crippen MR) is 79.4 cm³/mol. The van der Waals surface area contributed by atoms with Crippen molar-refractivity contribution < 1.29 is 9.16 Å². The number of rotatable bonds is 4. The van der Waals surface area contributed by atoms with Crippen LogP contribution in [0.3, 0.4) is 0 Å². The molecule has 2 atom stereocenters. The monoisotopic (exact) mass is 285 g/mol. The van der Waals surface area contributed by atoms with Gasteiger partial charge < -0.3 is 9.16 Å². The van der Waals surface area contributed by atoms with Gasteiger partial charge in [-0.2, -0.15) is 0 Å². The maximum Gasteiger partial charge on any atom is 0.193 e. The van der Waals surface area contributed by atoms with Gasteiger partial charge in [-0.3, -0.25) is 0 Å². The average Bonchev–Trinajstić information content (AvgIpc) is 2.27. The normalized spacial score (nSPS) is 28.8. The molecule has 0 bridgehead atoms. The number of hydrogen-bond acceptors (Lipinski definition) is 3. The molecule has 0 N–H and O–H groups in total. The van der Waals surface area contributed by atoms with E-state index in [0.29, 0.717) is 6.42 Å². The second-order valence-corrected chi connectivity index (χ2v) is 11.7. The third-order valence-electron chi connectivity index (χ3n) is 4.45. The predicted octanol–water partition coefficient (Wildman–Crippen LogP) is 4.60. The Bertz CT molecular complexity index is 361. The Morgan fingerprint density at radius 3 is 2.47 bits per heavy atom. The van der Waals surface area contributed by atoms with E-state index < -0.39 is 14.0 Å². The molecule has 110 valence electrons. The Balaban J connectivity index is 2.98. The Kier molecular flexibility index (Phi) is 5.06. The molecule has 1 aliphatic carbocycles. The first kappa shape index (κ1) is 16.5. The van der Waals surface area contributed by atoms with E-state index in [0.717, 1.165) is 19.3 Å². The molecule has 2 unspecified atom stereocenters. The maximum atomic E-state index is 8.90. The van der Waals surface area contributed by atoms with Gasteiger partial charge in [0.05, 0.1) is 6.10 Å². The van der Waals surface area contributed by atoms with Gasteiger partial charge in [-0.1, -0.05) is 25.9 Å². The van der Waals surface area contributed by atoms with Crippen molar-refractivity contribution in [3.8, 4) is 0 Å². The van der Waals surface area contributed by atoms with Crippen LogP contribution in [0.2, 0.25) is 18.1 Å². The van der Waals surface area contributed by atoms with Gasteiger partial charge >= 0.3 is 0 Å². The van der Waals surface area contributed by atoms with Crippen LogP contribution in [0.15, 0.2) is 5.11 Å². The topological polar surface area (TPSA) is 67.2 Å². The summed E-state index contributed by atoms with van der Waals surface area (Å²) in [6.07, 6.45) is 3.58. The van der Waals surface area contributed by atoms with E-state index in [1.807, 2.05) is 0 Å². The van der Waals surface area contributed by atoms with Gasteiger partial charge in [0.2, 0.25) is 0 Å². The minimum absolute atomic E-state index is 0.102. The van der Waals surface area contributed by atoms with E-state index in [-0.39, 0.29) is 11.1 Å². The molecule has 1 rings (SSSR count). The maximum absolute atomic E-state index is 8.90. The lowest BCUT2D eigenvalue weighted by Crippen LogP contribution is -2.51. The molecule has 19 heavy (non-hydrogen) atoms. The number of nitrogens with zero attached hydrogens (tertiary/aromatic N) is 3. The van der Waals surface area contributed by atoms with Gasteiger partial charge in [0.15, 0.2) is 8.32 Å². The number of azide groups is 1. The molecule has 0 heterocycles. The Morgan fingerprint density at radius 1 is 1.37 bits per heavy atom. The summed E-state index contributed by atoms with van der Waals surface area (Å²) in [7, 11) is -0.253. The van der Waals surface area contributed by atoms with Crippen LogP contribution in [0.5, 0.6) is 0 Å². The van der Waals surface area contributed by atoms with Crippen LogP contribution in [0.1, 0.15) is 46.5 Å². The summed E-state index contributed by atoms with van der Waals surface area (Å²) in [4.78, 5) is 3.03. The Labute approximate surface area is 117 Å². The highest BCUT2D eigenvalue weighted by molar-refractivity contribution is 6.74. The fraction of sp³-hybridized carbons (Fsp3) is 1.00. The van der Waals surface area contributed by atoms with Gasteiger partial charge in [0.25, 0.3) is 0 Å². The smallest absolute Gasteiger partial charge is 0.193 e. The van der Waals surface area contributed by atoms with Crippen molar-refractivity contribution in [2.45, 2.75) is 76.4 Å². The minimum Gasteiger partial charge on any atom is -0.405 e. The van der Waals surface area contributed by atoms with Crippen molar-refractivity contribution in [2.75, 3.05) is 7.11 Å². The molecule has 1 fully saturated rings. The van der Waals surface area contributed by atoms with Gasteiger partial charge in [-0.15, -0.1) is 0 Å². The quantitative estimate of drug-likeness (QED) is 0.328. The van der Waals surface area contributed by atoms with Gasteiger partial charge in [0, 0.05) is 18.4 Å². The van der Waals surface area contributed by atoms with Crippen molar-refractivity contribution in [1.29, 1.82) is 0 Å². The lowest BCUT2D eigenvalue weighted by Gasteiger charge is -2.46. The first-order valence-corrected chi connectivity index (χ1v) is 9.86. The lowest BCUT2D eigenvalue weighted by molar-refractivity contribution is -0.0455. The summed E-state index contributed by atoms with van der Waals surface area (Å²) in [6, 6.07) is 0. The van der Waals surface area contributed by atoms with Crippen molar-refractivity contribution in [3.63, 3.8) is 0 Å². The van der Waals surface area contributed by atoms with Crippen LogP contribution in [0.25, 0.3) is 10.4 Å². The highest BCUT2D eigenvalue weighted by Gasteiger charge is 2.46. The summed E-state index contributed by atoms with van der Waals surface area (Å²) in [5, 5.41) is 4.13. The minimum atomic E-state index is -1.96. The third kappa shape index (κ3) is 3.95. The average molecular weight is 285 g/mol. The van der Waals surface area contributed by atoms with Crippen LogP contribution in [0, 0.1) is 0 Å². The number of methoxy groups -OCH3 is 1. The van der Waals surface area contributed by atoms with Gasteiger partial charge in [-0.25, -0.2) is 0 Å². The first-order chi connectivity index (χ1) is 8.66. The van der Waals surface area contributed by atoms with E-state index in [1.165, 1.54) is 0 Å². The molecule has 5 nitrogen and oxygen atoms in total.